The maximum atomic E-state index is 15.3. The molecule has 4 aromatic rings. The Balaban J connectivity index is 1.32. The number of rotatable bonds is 7. The lowest BCUT2D eigenvalue weighted by Crippen LogP contribution is -2.53. The van der Waals surface area contributed by atoms with Crippen molar-refractivity contribution >= 4 is 51.9 Å². The number of imide groups is 2. The number of amides is 4. The molecule has 3 fully saturated rings. The number of phenolic OH excluding ortho intramolecular Hbond substituents is 1. The zero-order valence-electron chi connectivity index (χ0n) is 28.1. The lowest BCUT2D eigenvalue weighted by molar-refractivity contribution is -0.142. The molecule has 2 saturated heterocycles. The number of fused-ring (bicyclic) bond motifs is 4. The Bertz CT molecular complexity index is 2100. The highest BCUT2D eigenvalue weighted by atomic mass is 127. The molecule has 2 aliphatic heterocycles. The van der Waals surface area contributed by atoms with Crippen LogP contribution in [-0.2, 0) is 31.1 Å². The van der Waals surface area contributed by atoms with E-state index in [4.69, 9.17) is 4.74 Å². The van der Waals surface area contributed by atoms with Crippen molar-refractivity contribution in [3.63, 3.8) is 0 Å². The zero-order chi connectivity index (χ0) is 35.6. The number of aromatic hydroxyl groups is 1. The summed E-state index contributed by atoms with van der Waals surface area (Å²) in [5.74, 6) is -4.38. The van der Waals surface area contributed by atoms with E-state index in [0.717, 1.165) is 21.7 Å². The van der Waals surface area contributed by atoms with Crippen molar-refractivity contribution in [3.8, 4) is 11.5 Å². The van der Waals surface area contributed by atoms with E-state index in [1.165, 1.54) is 12.0 Å². The molecule has 0 aromatic heterocycles. The molecule has 0 bridgehead atoms. The van der Waals surface area contributed by atoms with E-state index < -0.39 is 46.8 Å². The van der Waals surface area contributed by atoms with E-state index in [-0.39, 0.29) is 36.3 Å². The average Bonchev–Trinajstić information content (AvgIpc) is 3.51. The van der Waals surface area contributed by atoms with Crippen LogP contribution >= 0.6 is 22.6 Å². The number of halogens is 1. The van der Waals surface area contributed by atoms with E-state index in [1.807, 2.05) is 127 Å². The summed E-state index contributed by atoms with van der Waals surface area (Å²) in [7, 11) is 1.47. The number of carbonyl (C=O) groups is 4. The smallest absolute Gasteiger partial charge is 0.260 e. The van der Waals surface area contributed by atoms with Crippen molar-refractivity contribution in [2.45, 2.75) is 37.6 Å². The molecular weight excluding hydrogens is 757 g/mol. The van der Waals surface area contributed by atoms with Crippen LogP contribution in [0.25, 0.3) is 0 Å². The minimum absolute atomic E-state index is 0.0261. The second-order valence-corrected chi connectivity index (χ2v) is 15.1. The zero-order valence-corrected chi connectivity index (χ0v) is 30.2. The highest BCUT2D eigenvalue weighted by Crippen LogP contribution is 2.64. The maximum Gasteiger partial charge on any atom is 0.260 e. The van der Waals surface area contributed by atoms with Gasteiger partial charge >= 0.3 is 0 Å². The molecule has 10 heteroatoms. The number of ether oxygens (including phenoxy) is 1. The van der Waals surface area contributed by atoms with Gasteiger partial charge in [0.1, 0.15) is 0 Å². The van der Waals surface area contributed by atoms with Crippen LogP contribution in [0.2, 0.25) is 0 Å². The number of hydrogen-bond donors (Lipinski definition) is 2. The lowest BCUT2D eigenvalue weighted by atomic mass is 9.49. The number of hydrogen-bond acceptors (Lipinski definition) is 7. The lowest BCUT2D eigenvalue weighted by Gasteiger charge is -2.50. The highest BCUT2D eigenvalue weighted by molar-refractivity contribution is 14.1. The Kier molecular flexibility index (Phi) is 8.24. The Morgan fingerprint density at radius 2 is 1.57 bits per heavy atom. The van der Waals surface area contributed by atoms with Gasteiger partial charge in [-0.05, 0) is 89.2 Å². The molecule has 4 aliphatic rings. The van der Waals surface area contributed by atoms with Gasteiger partial charge in [0.25, 0.3) is 11.8 Å². The number of nitrogens with one attached hydrogen (secondary N) is 1. The van der Waals surface area contributed by atoms with Crippen molar-refractivity contribution in [1.82, 2.24) is 9.91 Å². The summed E-state index contributed by atoms with van der Waals surface area (Å²) in [6, 6.07) is 29.9. The minimum atomic E-state index is -1.41. The Labute approximate surface area is 309 Å². The summed E-state index contributed by atoms with van der Waals surface area (Å²) in [5, 5.41) is 12.1. The number of phenols is 1. The first-order valence-electron chi connectivity index (χ1n) is 17.1. The largest absolute Gasteiger partial charge is 0.504 e. The van der Waals surface area contributed by atoms with E-state index >= 15 is 4.79 Å². The molecule has 2 N–H and O–H groups in total. The van der Waals surface area contributed by atoms with Gasteiger partial charge in [-0.1, -0.05) is 90.0 Å². The fraction of sp³-hybridized carbons (Fsp3) is 0.268. The van der Waals surface area contributed by atoms with Crippen molar-refractivity contribution < 1.29 is 29.0 Å². The second kappa shape index (κ2) is 12.7. The van der Waals surface area contributed by atoms with Crippen LogP contribution in [0.15, 0.2) is 109 Å². The SMILES string of the molecule is COc1cc([C@H]2C3=CC[C@@H]4C(=O)N(Cc5ccccc5)C(=O)[C@@H]4[C@@H]3C[C@H]3C(=O)N(Nc4ccc(C)cc4)C(=O)[C@@]23c2ccccc2)cc(I)c1O. The van der Waals surface area contributed by atoms with Gasteiger partial charge in [-0.3, -0.25) is 29.5 Å². The number of aryl methyl sites for hydroxylation is 1. The van der Waals surface area contributed by atoms with Gasteiger partial charge in [-0.2, -0.15) is 5.01 Å². The molecule has 0 unspecified atom stereocenters. The molecule has 258 valence electrons. The molecule has 4 aromatic carbocycles. The van der Waals surface area contributed by atoms with Crippen molar-refractivity contribution in [1.29, 1.82) is 0 Å². The average molecular weight is 794 g/mol. The first-order chi connectivity index (χ1) is 24.6. The molecule has 0 radical (unpaired) electrons. The number of carbonyl (C=O) groups excluding carboxylic acids is 4. The topological polar surface area (TPSA) is 116 Å². The van der Waals surface area contributed by atoms with Gasteiger partial charge in [0.2, 0.25) is 11.8 Å². The Hall–Kier alpha value is -4.97. The Morgan fingerprint density at radius 1 is 0.882 bits per heavy atom. The number of nitrogens with zero attached hydrogens (tertiary/aromatic N) is 2. The maximum absolute atomic E-state index is 15.3. The minimum Gasteiger partial charge on any atom is -0.504 e. The van der Waals surface area contributed by atoms with Crippen LogP contribution in [0.1, 0.15) is 41.0 Å². The third kappa shape index (κ3) is 5.09. The van der Waals surface area contributed by atoms with E-state index in [9.17, 15) is 19.5 Å². The summed E-state index contributed by atoms with van der Waals surface area (Å²) in [4.78, 5) is 59.9. The summed E-state index contributed by atoms with van der Waals surface area (Å²) in [5.41, 5.74) is 6.40. The van der Waals surface area contributed by atoms with Gasteiger partial charge in [0, 0.05) is 5.92 Å². The molecule has 6 atom stereocenters. The molecule has 51 heavy (non-hydrogen) atoms. The fourth-order valence-electron chi connectivity index (χ4n) is 9.03. The normalized spacial score (nSPS) is 26.8. The summed E-state index contributed by atoms with van der Waals surface area (Å²) >= 11 is 2.05. The van der Waals surface area contributed by atoms with E-state index in [2.05, 4.69) is 5.43 Å². The summed E-state index contributed by atoms with van der Waals surface area (Å²) < 4.78 is 6.14. The number of hydrazine groups is 1. The fourth-order valence-corrected chi connectivity index (χ4v) is 9.65. The molecule has 4 amide bonds. The van der Waals surface area contributed by atoms with Crippen LogP contribution < -0.4 is 10.2 Å². The van der Waals surface area contributed by atoms with Crippen LogP contribution in [0.3, 0.4) is 0 Å². The monoisotopic (exact) mass is 793 g/mol. The number of anilines is 1. The Morgan fingerprint density at radius 3 is 2.25 bits per heavy atom. The van der Waals surface area contributed by atoms with Crippen LogP contribution in [-0.4, -0.2) is 45.8 Å². The molecule has 2 aliphatic carbocycles. The highest BCUT2D eigenvalue weighted by Gasteiger charge is 2.70. The van der Waals surface area contributed by atoms with Gasteiger partial charge < -0.3 is 9.84 Å². The van der Waals surface area contributed by atoms with Gasteiger partial charge in [-0.25, -0.2) is 0 Å². The molecular formula is C41H36IN3O6. The number of methoxy groups -OCH3 is 1. The first kappa shape index (κ1) is 33.2. The predicted molar refractivity (Wildman–Crippen MR) is 198 cm³/mol. The quantitative estimate of drug-likeness (QED) is 0.125. The van der Waals surface area contributed by atoms with Crippen LogP contribution in [0.5, 0.6) is 11.5 Å². The van der Waals surface area contributed by atoms with Gasteiger partial charge in [0.15, 0.2) is 11.5 Å². The number of likely N-dealkylation sites (tertiary alicyclic amines) is 1. The molecule has 0 spiro atoms. The molecule has 8 rings (SSSR count). The summed E-state index contributed by atoms with van der Waals surface area (Å²) in [6.45, 7) is 2.14. The predicted octanol–water partition coefficient (Wildman–Crippen LogP) is 6.50. The van der Waals surface area contributed by atoms with E-state index in [0.29, 0.717) is 26.8 Å². The summed E-state index contributed by atoms with van der Waals surface area (Å²) in [6.07, 6.45) is 2.58. The third-order valence-corrected chi connectivity index (χ3v) is 12.1. The van der Waals surface area contributed by atoms with Gasteiger partial charge in [-0.15, -0.1) is 0 Å². The van der Waals surface area contributed by atoms with E-state index in [1.54, 1.807) is 6.07 Å². The van der Waals surface area contributed by atoms with Crippen LogP contribution in [0, 0.1) is 34.2 Å². The first-order valence-corrected chi connectivity index (χ1v) is 18.2. The second-order valence-electron chi connectivity index (χ2n) is 13.9. The van der Waals surface area contributed by atoms with Crippen LogP contribution in [0.4, 0.5) is 5.69 Å². The van der Waals surface area contributed by atoms with Gasteiger partial charge in [0.05, 0.1) is 46.1 Å². The van der Waals surface area contributed by atoms with Crippen molar-refractivity contribution in [2.24, 2.45) is 23.7 Å². The standard InChI is InChI=1S/C41H36IN3O6/c1-23-13-15-27(16-14-23)43-45-38(48)31-21-30-28(17-18-29-34(30)39(49)44(37(29)47)22-24-9-5-3-6-10-24)35(25-19-32(42)36(46)33(20-25)51-2)41(31,40(45)50)26-11-7-4-8-12-26/h3-17,19-20,29-31,34-35,43,46H,18,21-22H2,1-2H3/t29-,30+,31-,34-,35-,41+/m0/s1. The van der Waals surface area contributed by atoms with Crippen molar-refractivity contribution in [3.05, 3.63) is 135 Å². The third-order valence-electron chi connectivity index (χ3n) is 11.3. The number of benzene rings is 4. The number of allylic oxidation sites excluding steroid dienone is 2. The van der Waals surface area contributed by atoms with Crippen molar-refractivity contribution in [2.75, 3.05) is 12.5 Å². The molecule has 2 heterocycles. The molecule has 1 saturated carbocycles. The molecule has 9 nitrogen and oxygen atoms in total.